The summed E-state index contributed by atoms with van der Waals surface area (Å²) in [5.74, 6) is 0.176. The number of nitrogens with one attached hydrogen (secondary N) is 1. The molecule has 0 aliphatic heterocycles. The van der Waals surface area contributed by atoms with Gasteiger partial charge in [-0.15, -0.1) is 0 Å². The molecular weight excluding hydrogens is 370 g/mol. The van der Waals surface area contributed by atoms with Gasteiger partial charge in [0.05, 0.1) is 17.4 Å². The summed E-state index contributed by atoms with van der Waals surface area (Å²) in [6, 6.07) is 15.3. The van der Waals surface area contributed by atoms with Gasteiger partial charge in [-0.1, -0.05) is 0 Å². The van der Waals surface area contributed by atoms with Crippen molar-refractivity contribution in [3.05, 3.63) is 83.0 Å². The molecule has 29 heavy (non-hydrogen) atoms. The SMILES string of the molecule is CC(C)Oc1ccc2c(C(=O)Nc3ccc(-n4cccn4)cc3)cc(=O)oc2c1. The fraction of sp³-hybridized carbons (Fsp3) is 0.136. The van der Waals surface area contributed by atoms with Crippen LogP contribution in [0.1, 0.15) is 24.2 Å². The third kappa shape index (κ3) is 4.03. The van der Waals surface area contributed by atoms with Gasteiger partial charge >= 0.3 is 5.63 Å². The Bertz CT molecular complexity index is 1210. The second-order valence-corrected chi connectivity index (χ2v) is 6.76. The summed E-state index contributed by atoms with van der Waals surface area (Å²) >= 11 is 0. The summed E-state index contributed by atoms with van der Waals surface area (Å²) in [5, 5.41) is 7.52. The van der Waals surface area contributed by atoms with E-state index in [0.717, 1.165) is 5.69 Å². The van der Waals surface area contributed by atoms with Gasteiger partial charge in [-0.05, 0) is 56.3 Å². The van der Waals surface area contributed by atoms with Crippen molar-refractivity contribution in [2.24, 2.45) is 0 Å². The zero-order chi connectivity index (χ0) is 20.4. The lowest BCUT2D eigenvalue weighted by Gasteiger charge is -2.11. The molecule has 0 saturated heterocycles. The number of anilines is 1. The molecule has 0 atom stereocenters. The molecule has 4 rings (SSSR count). The fourth-order valence-electron chi connectivity index (χ4n) is 2.99. The monoisotopic (exact) mass is 389 g/mol. The van der Waals surface area contributed by atoms with E-state index >= 15 is 0 Å². The number of ether oxygens (including phenoxy) is 1. The molecule has 2 heterocycles. The zero-order valence-corrected chi connectivity index (χ0v) is 16.0. The molecule has 1 amide bonds. The molecule has 0 bridgehead atoms. The molecule has 0 spiro atoms. The van der Waals surface area contributed by atoms with Crippen molar-refractivity contribution in [2.45, 2.75) is 20.0 Å². The van der Waals surface area contributed by atoms with Crippen LogP contribution in [0, 0.1) is 0 Å². The average Bonchev–Trinajstić information content (AvgIpc) is 3.22. The van der Waals surface area contributed by atoms with Gasteiger partial charge in [-0.25, -0.2) is 9.48 Å². The van der Waals surface area contributed by atoms with Crippen LogP contribution >= 0.6 is 0 Å². The Balaban J connectivity index is 1.62. The van der Waals surface area contributed by atoms with Crippen molar-refractivity contribution < 1.29 is 13.9 Å². The van der Waals surface area contributed by atoms with Crippen LogP contribution in [-0.2, 0) is 0 Å². The minimum absolute atomic E-state index is 0.0182. The van der Waals surface area contributed by atoms with Crippen LogP contribution in [0.2, 0.25) is 0 Å². The van der Waals surface area contributed by atoms with E-state index < -0.39 is 11.5 Å². The molecule has 0 aliphatic rings. The zero-order valence-electron chi connectivity index (χ0n) is 16.0. The maximum atomic E-state index is 12.8. The number of amides is 1. The number of rotatable bonds is 5. The Labute approximate surface area is 166 Å². The number of carbonyl (C=O) groups excluding carboxylic acids is 1. The van der Waals surface area contributed by atoms with Crippen molar-refractivity contribution in [2.75, 3.05) is 5.32 Å². The third-order valence-corrected chi connectivity index (χ3v) is 4.23. The van der Waals surface area contributed by atoms with Crippen LogP contribution < -0.4 is 15.7 Å². The summed E-state index contributed by atoms with van der Waals surface area (Å²) in [4.78, 5) is 24.8. The molecule has 7 nitrogen and oxygen atoms in total. The summed E-state index contributed by atoms with van der Waals surface area (Å²) in [7, 11) is 0. The minimum Gasteiger partial charge on any atom is -0.491 e. The van der Waals surface area contributed by atoms with E-state index in [1.165, 1.54) is 6.07 Å². The quantitative estimate of drug-likeness (QED) is 0.521. The first kappa shape index (κ1) is 18.5. The number of nitrogens with zero attached hydrogens (tertiary/aromatic N) is 2. The molecule has 146 valence electrons. The molecule has 0 saturated carbocycles. The Kier molecular flexibility index (Phi) is 4.87. The molecule has 1 N–H and O–H groups in total. The normalized spacial score (nSPS) is 11.0. The Morgan fingerprint density at radius 3 is 2.62 bits per heavy atom. The Hall–Kier alpha value is -3.87. The first-order chi connectivity index (χ1) is 14.0. The van der Waals surface area contributed by atoms with Gasteiger partial charge < -0.3 is 14.5 Å². The average molecular weight is 389 g/mol. The van der Waals surface area contributed by atoms with E-state index in [-0.39, 0.29) is 11.7 Å². The lowest BCUT2D eigenvalue weighted by atomic mass is 10.1. The second-order valence-electron chi connectivity index (χ2n) is 6.76. The predicted molar refractivity (Wildman–Crippen MR) is 110 cm³/mol. The maximum absolute atomic E-state index is 12.8. The number of fused-ring (bicyclic) bond motifs is 1. The van der Waals surface area contributed by atoms with Gasteiger partial charge in [0.15, 0.2) is 0 Å². The van der Waals surface area contributed by atoms with Crippen molar-refractivity contribution >= 4 is 22.6 Å². The summed E-state index contributed by atoms with van der Waals surface area (Å²) in [5.41, 5.74) is 1.42. The lowest BCUT2D eigenvalue weighted by Crippen LogP contribution is -2.15. The van der Waals surface area contributed by atoms with E-state index in [4.69, 9.17) is 9.15 Å². The summed E-state index contributed by atoms with van der Waals surface area (Å²) in [6.45, 7) is 3.81. The van der Waals surface area contributed by atoms with Crippen LogP contribution in [0.25, 0.3) is 16.7 Å². The number of aromatic nitrogens is 2. The maximum Gasteiger partial charge on any atom is 0.337 e. The van der Waals surface area contributed by atoms with Gasteiger partial charge in [0.1, 0.15) is 11.3 Å². The lowest BCUT2D eigenvalue weighted by molar-refractivity contribution is 0.102. The van der Waals surface area contributed by atoms with E-state index in [1.54, 1.807) is 41.2 Å². The van der Waals surface area contributed by atoms with E-state index in [0.29, 0.717) is 22.4 Å². The number of hydrogen-bond donors (Lipinski definition) is 1. The van der Waals surface area contributed by atoms with Crippen LogP contribution in [0.4, 0.5) is 5.69 Å². The van der Waals surface area contributed by atoms with Crippen molar-refractivity contribution in [3.63, 3.8) is 0 Å². The van der Waals surface area contributed by atoms with Gasteiger partial charge in [-0.3, -0.25) is 4.79 Å². The van der Waals surface area contributed by atoms with E-state index in [2.05, 4.69) is 10.4 Å². The molecule has 0 unspecified atom stereocenters. The first-order valence-corrected chi connectivity index (χ1v) is 9.15. The Morgan fingerprint density at radius 2 is 1.93 bits per heavy atom. The highest BCUT2D eigenvalue weighted by atomic mass is 16.5. The fourth-order valence-corrected chi connectivity index (χ4v) is 2.99. The standard InChI is InChI=1S/C22H19N3O4/c1-14(2)28-17-8-9-18-19(13-21(26)29-20(18)12-17)22(27)24-15-4-6-16(7-5-15)25-11-3-10-23-25/h3-14H,1-2H3,(H,24,27). The Morgan fingerprint density at radius 1 is 1.14 bits per heavy atom. The molecule has 2 aromatic carbocycles. The molecule has 2 aromatic heterocycles. The summed E-state index contributed by atoms with van der Waals surface area (Å²) in [6.07, 6.45) is 3.51. The number of carbonyl (C=O) groups is 1. The van der Waals surface area contributed by atoms with Gasteiger partial charge in [0.2, 0.25) is 0 Å². The molecular formula is C22H19N3O4. The molecule has 4 aromatic rings. The third-order valence-electron chi connectivity index (χ3n) is 4.23. The second kappa shape index (κ2) is 7.63. The highest BCUT2D eigenvalue weighted by molar-refractivity contribution is 6.12. The predicted octanol–water partition coefficient (Wildman–Crippen LogP) is 4.02. The van der Waals surface area contributed by atoms with Crippen molar-refractivity contribution in [1.82, 2.24) is 9.78 Å². The van der Waals surface area contributed by atoms with Crippen molar-refractivity contribution in [1.29, 1.82) is 0 Å². The topological polar surface area (TPSA) is 86.4 Å². The van der Waals surface area contributed by atoms with Crippen LogP contribution in [0.5, 0.6) is 5.75 Å². The van der Waals surface area contributed by atoms with Gasteiger partial charge in [0, 0.05) is 35.6 Å². The molecule has 0 radical (unpaired) electrons. The molecule has 7 heteroatoms. The first-order valence-electron chi connectivity index (χ1n) is 9.15. The van der Waals surface area contributed by atoms with E-state index in [9.17, 15) is 9.59 Å². The number of hydrogen-bond acceptors (Lipinski definition) is 5. The highest BCUT2D eigenvalue weighted by Crippen LogP contribution is 2.24. The van der Waals surface area contributed by atoms with E-state index in [1.807, 2.05) is 38.2 Å². The molecule has 0 aliphatic carbocycles. The molecule has 0 fully saturated rings. The number of benzene rings is 2. The largest absolute Gasteiger partial charge is 0.491 e. The van der Waals surface area contributed by atoms with Gasteiger partial charge in [-0.2, -0.15) is 5.10 Å². The highest BCUT2D eigenvalue weighted by Gasteiger charge is 2.15. The van der Waals surface area contributed by atoms with Gasteiger partial charge in [0.25, 0.3) is 5.91 Å². The minimum atomic E-state index is -0.599. The smallest absolute Gasteiger partial charge is 0.337 e. The summed E-state index contributed by atoms with van der Waals surface area (Å²) < 4.78 is 12.6. The van der Waals surface area contributed by atoms with Crippen LogP contribution in [0.3, 0.4) is 0 Å². The van der Waals surface area contributed by atoms with Crippen LogP contribution in [0.15, 0.2) is 76.2 Å². The van der Waals surface area contributed by atoms with Crippen LogP contribution in [-0.4, -0.2) is 21.8 Å². The van der Waals surface area contributed by atoms with Crippen molar-refractivity contribution in [3.8, 4) is 11.4 Å².